The van der Waals surface area contributed by atoms with Crippen LogP contribution in [-0.2, 0) is 9.59 Å². The predicted octanol–water partition coefficient (Wildman–Crippen LogP) is 4.08. The van der Waals surface area contributed by atoms with Gasteiger partial charge in [-0.15, -0.1) is 0 Å². The minimum Gasteiger partial charge on any atom is -0.315 e. The van der Waals surface area contributed by atoms with E-state index in [1.54, 1.807) is 55.6 Å². The number of urea groups is 1. The molecule has 0 bridgehead atoms. The fourth-order valence-electron chi connectivity index (χ4n) is 3.57. The molecule has 150 valence electrons. The first kappa shape index (κ1) is 19.4. The van der Waals surface area contributed by atoms with E-state index in [-0.39, 0.29) is 12.3 Å². The molecule has 0 aliphatic carbocycles. The predicted molar refractivity (Wildman–Crippen MR) is 117 cm³/mol. The zero-order valence-electron chi connectivity index (χ0n) is 16.5. The molecule has 3 aromatic rings. The summed E-state index contributed by atoms with van der Waals surface area (Å²) in [6.07, 6.45) is -0.117. The molecule has 1 unspecified atom stereocenters. The van der Waals surface area contributed by atoms with E-state index in [1.807, 2.05) is 42.5 Å². The standard InChI is InChI=1S/C24H21N3O3/c1-25(18-11-5-2-6-12-18)22(28)17-21-23(29)27(20-15-9-4-10-16-20)24(30)26(21)19-13-7-3-8-14-19/h2-16,21H,17H2,1H3. The topological polar surface area (TPSA) is 60.9 Å². The molecule has 0 saturated carbocycles. The summed E-state index contributed by atoms with van der Waals surface area (Å²) < 4.78 is 0. The van der Waals surface area contributed by atoms with E-state index in [0.29, 0.717) is 11.4 Å². The van der Waals surface area contributed by atoms with Crippen molar-refractivity contribution in [1.82, 2.24) is 0 Å². The Morgan fingerprint density at radius 2 is 1.30 bits per heavy atom. The van der Waals surface area contributed by atoms with Crippen LogP contribution >= 0.6 is 0 Å². The molecule has 0 spiro atoms. The first-order chi connectivity index (χ1) is 14.6. The largest absolute Gasteiger partial charge is 0.336 e. The number of benzene rings is 3. The van der Waals surface area contributed by atoms with Gasteiger partial charge in [-0.2, -0.15) is 0 Å². The molecule has 1 saturated heterocycles. The molecular formula is C24H21N3O3. The van der Waals surface area contributed by atoms with Gasteiger partial charge in [-0.25, -0.2) is 9.69 Å². The van der Waals surface area contributed by atoms with Crippen molar-refractivity contribution in [3.63, 3.8) is 0 Å². The highest BCUT2D eigenvalue weighted by Gasteiger charge is 2.47. The van der Waals surface area contributed by atoms with E-state index in [2.05, 4.69) is 0 Å². The van der Waals surface area contributed by atoms with Crippen LogP contribution in [0.1, 0.15) is 6.42 Å². The number of carbonyl (C=O) groups is 3. The molecule has 4 rings (SSSR count). The van der Waals surface area contributed by atoms with Gasteiger partial charge < -0.3 is 4.90 Å². The lowest BCUT2D eigenvalue weighted by Crippen LogP contribution is -2.40. The van der Waals surface area contributed by atoms with Gasteiger partial charge in [0.2, 0.25) is 5.91 Å². The normalized spacial score (nSPS) is 16.1. The first-order valence-electron chi connectivity index (χ1n) is 9.67. The Labute approximate surface area is 174 Å². The number of rotatable bonds is 5. The van der Waals surface area contributed by atoms with Gasteiger partial charge in [-0.3, -0.25) is 14.5 Å². The van der Waals surface area contributed by atoms with Crippen LogP contribution in [0.5, 0.6) is 0 Å². The lowest BCUT2D eigenvalue weighted by Gasteiger charge is -2.24. The maximum absolute atomic E-state index is 13.3. The quantitative estimate of drug-likeness (QED) is 0.608. The fraction of sp³-hybridized carbons (Fsp3) is 0.125. The van der Waals surface area contributed by atoms with E-state index in [9.17, 15) is 14.4 Å². The second kappa shape index (κ2) is 8.21. The van der Waals surface area contributed by atoms with Crippen molar-refractivity contribution in [2.75, 3.05) is 21.7 Å². The van der Waals surface area contributed by atoms with E-state index < -0.39 is 18.0 Å². The van der Waals surface area contributed by atoms with E-state index >= 15 is 0 Å². The molecule has 0 N–H and O–H groups in total. The monoisotopic (exact) mass is 399 g/mol. The van der Waals surface area contributed by atoms with Gasteiger partial charge in [0, 0.05) is 18.4 Å². The molecule has 30 heavy (non-hydrogen) atoms. The zero-order chi connectivity index (χ0) is 21.1. The van der Waals surface area contributed by atoms with Gasteiger partial charge in [0.15, 0.2) is 0 Å². The van der Waals surface area contributed by atoms with E-state index in [0.717, 1.165) is 10.6 Å². The molecule has 0 radical (unpaired) electrons. The van der Waals surface area contributed by atoms with Crippen LogP contribution in [0.4, 0.5) is 21.9 Å². The van der Waals surface area contributed by atoms with Crippen molar-refractivity contribution < 1.29 is 14.4 Å². The third-order valence-electron chi connectivity index (χ3n) is 5.15. The lowest BCUT2D eigenvalue weighted by atomic mass is 10.1. The Morgan fingerprint density at radius 3 is 1.87 bits per heavy atom. The lowest BCUT2D eigenvalue weighted by molar-refractivity contribution is -0.123. The Hall–Kier alpha value is -3.93. The second-order valence-electron chi connectivity index (χ2n) is 7.01. The van der Waals surface area contributed by atoms with Crippen molar-refractivity contribution in [3.8, 4) is 0 Å². The van der Waals surface area contributed by atoms with Crippen LogP contribution in [0.25, 0.3) is 0 Å². The number of carbonyl (C=O) groups excluding carboxylic acids is 3. The fourth-order valence-corrected chi connectivity index (χ4v) is 3.57. The average Bonchev–Trinajstić information content (AvgIpc) is 3.04. The van der Waals surface area contributed by atoms with Crippen molar-refractivity contribution in [1.29, 1.82) is 0 Å². The number of nitrogens with zero attached hydrogens (tertiary/aromatic N) is 3. The highest BCUT2D eigenvalue weighted by molar-refractivity contribution is 6.29. The summed E-state index contributed by atoms with van der Waals surface area (Å²) in [6.45, 7) is 0. The Balaban J connectivity index is 1.67. The molecule has 4 amide bonds. The molecule has 1 fully saturated rings. The van der Waals surface area contributed by atoms with Gasteiger partial charge in [0.25, 0.3) is 5.91 Å². The minimum atomic E-state index is -0.918. The van der Waals surface area contributed by atoms with Crippen molar-refractivity contribution >= 4 is 34.9 Å². The van der Waals surface area contributed by atoms with Crippen LogP contribution in [-0.4, -0.2) is 30.9 Å². The third-order valence-corrected chi connectivity index (χ3v) is 5.15. The maximum Gasteiger partial charge on any atom is 0.336 e. The second-order valence-corrected chi connectivity index (χ2v) is 7.01. The van der Waals surface area contributed by atoms with Crippen LogP contribution in [0.15, 0.2) is 91.0 Å². The molecule has 1 heterocycles. The summed E-state index contributed by atoms with van der Waals surface area (Å²) in [5.74, 6) is -0.659. The first-order valence-corrected chi connectivity index (χ1v) is 9.67. The highest BCUT2D eigenvalue weighted by Crippen LogP contribution is 2.31. The molecule has 1 aliphatic heterocycles. The van der Waals surface area contributed by atoms with Gasteiger partial charge in [0.05, 0.1) is 12.1 Å². The summed E-state index contributed by atoms with van der Waals surface area (Å²) in [5, 5.41) is 0. The summed E-state index contributed by atoms with van der Waals surface area (Å²) in [7, 11) is 1.67. The molecule has 1 aliphatic rings. The number of hydrogen-bond acceptors (Lipinski definition) is 3. The molecule has 3 aromatic carbocycles. The van der Waals surface area contributed by atoms with Gasteiger partial charge in [0.1, 0.15) is 6.04 Å². The highest BCUT2D eigenvalue weighted by atomic mass is 16.2. The summed E-state index contributed by atoms with van der Waals surface area (Å²) in [6, 6.07) is 25.6. The Kier molecular flexibility index (Phi) is 5.30. The smallest absolute Gasteiger partial charge is 0.315 e. The Bertz CT molecular complexity index is 1050. The van der Waals surface area contributed by atoms with E-state index in [1.165, 1.54) is 9.80 Å². The number of anilines is 3. The van der Waals surface area contributed by atoms with Gasteiger partial charge in [-0.1, -0.05) is 54.6 Å². The molecule has 1 atom stereocenters. The van der Waals surface area contributed by atoms with Crippen LogP contribution in [0.2, 0.25) is 0 Å². The van der Waals surface area contributed by atoms with E-state index in [4.69, 9.17) is 0 Å². The molecule has 6 heteroatoms. The number of amides is 4. The minimum absolute atomic E-state index is 0.117. The zero-order valence-corrected chi connectivity index (χ0v) is 16.5. The van der Waals surface area contributed by atoms with Gasteiger partial charge in [-0.05, 0) is 36.4 Å². The summed E-state index contributed by atoms with van der Waals surface area (Å²) >= 11 is 0. The third kappa shape index (κ3) is 3.55. The number of hydrogen-bond donors (Lipinski definition) is 0. The Morgan fingerprint density at radius 1 is 0.800 bits per heavy atom. The SMILES string of the molecule is CN(C(=O)CC1C(=O)N(c2ccccc2)C(=O)N1c1ccccc1)c1ccccc1. The molecule has 6 nitrogen and oxygen atoms in total. The average molecular weight is 399 g/mol. The van der Waals surface area contributed by atoms with Crippen molar-refractivity contribution in [2.24, 2.45) is 0 Å². The number of para-hydroxylation sites is 3. The summed E-state index contributed by atoms with van der Waals surface area (Å²) in [4.78, 5) is 43.6. The van der Waals surface area contributed by atoms with Crippen molar-refractivity contribution in [3.05, 3.63) is 91.0 Å². The molecule has 0 aromatic heterocycles. The van der Waals surface area contributed by atoms with Crippen LogP contribution in [0.3, 0.4) is 0 Å². The maximum atomic E-state index is 13.3. The summed E-state index contributed by atoms with van der Waals surface area (Å²) in [5.41, 5.74) is 1.79. The van der Waals surface area contributed by atoms with Crippen molar-refractivity contribution in [2.45, 2.75) is 12.5 Å². The molecular weight excluding hydrogens is 378 g/mol. The van der Waals surface area contributed by atoms with Gasteiger partial charge >= 0.3 is 6.03 Å². The van der Waals surface area contributed by atoms with Crippen LogP contribution in [0, 0.1) is 0 Å². The van der Waals surface area contributed by atoms with Crippen LogP contribution < -0.4 is 14.7 Å². The number of imide groups is 1.